The van der Waals surface area contributed by atoms with Crippen molar-refractivity contribution in [3.8, 4) is 39.7 Å². The topological polar surface area (TPSA) is 102 Å². The molecule has 0 unspecified atom stereocenters. The molecule has 0 radical (unpaired) electrons. The van der Waals surface area contributed by atoms with Crippen LogP contribution in [0.3, 0.4) is 0 Å². The molecule has 8 heteroatoms. The van der Waals surface area contributed by atoms with Gasteiger partial charge in [-0.05, 0) is 42.8 Å². The molecule has 3 aromatic heterocycles. The predicted octanol–water partition coefficient (Wildman–Crippen LogP) is 3.90. The highest BCUT2D eigenvalue weighted by molar-refractivity contribution is 5.85. The van der Waals surface area contributed by atoms with E-state index in [2.05, 4.69) is 20.3 Å². The van der Waals surface area contributed by atoms with Gasteiger partial charge in [-0.1, -0.05) is 0 Å². The molecule has 30 heavy (non-hydrogen) atoms. The lowest BCUT2D eigenvalue weighted by Gasteiger charge is -2.09. The van der Waals surface area contributed by atoms with E-state index >= 15 is 0 Å². The molecule has 1 aliphatic rings. The first-order chi connectivity index (χ1) is 14.6. The van der Waals surface area contributed by atoms with Crippen LogP contribution in [0.1, 0.15) is 5.56 Å². The molecule has 0 saturated carbocycles. The Labute approximate surface area is 172 Å². The molecule has 0 saturated heterocycles. The first-order valence-electron chi connectivity index (χ1n) is 9.52. The number of aromatic nitrogens is 4. The van der Waals surface area contributed by atoms with E-state index in [0.29, 0.717) is 17.4 Å². The molecule has 0 aliphatic carbocycles. The number of aromatic amines is 1. The number of nitrogen functional groups attached to an aromatic ring is 1. The zero-order chi connectivity index (χ0) is 20.7. The lowest BCUT2D eigenvalue weighted by Crippen LogP contribution is -1.97. The third-order valence-corrected chi connectivity index (χ3v) is 5.19. The van der Waals surface area contributed by atoms with E-state index in [9.17, 15) is 4.39 Å². The molecule has 4 aromatic rings. The molecule has 0 amide bonds. The van der Waals surface area contributed by atoms with E-state index in [-0.39, 0.29) is 5.82 Å². The Balaban J connectivity index is 1.73. The number of anilines is 2. The normalized spacial score (nSPS) is 12.5. The molecule has 150 valence electrons. The zero-order valence-electron chi connectivity index (χ0n) is 16.2. The van der Waals surface area contributed by atoms with Crippen molar-refractivity contribution >= 4 is 11.6 Å². The number of hydrogen-bond acceptors (Lipinski definition) is 6. The number of pyridine rings is 2. The molecule has 1 aliphatic heterocycles. The lowest BCUT2D eigenvalue weighted by molar-refractivity contribution is 0.415. The van der Waals surface area contributed by atoms with Crippen LogP contribution < -0.4 is 15.8 Å². The van der Waals surface area contributed by atoms with E-state index in [4.69, 9.17) is 15.5 Å². The Kier molecular flexibility index (Phi) is 4.31. The second-order valence-corrected chi connectivity index (χ2v) is 6.99. The Morgan fingerprint density at radius 2 is 1.93 bits per heavy atom. The molecule has 0 atom stereocenters. The third-order valence-electron chi connectivity index (χ3n) is 5.19. The Hall–Kier alpha value is -3.94. The number of imidazole rings is 1. The van der Waals surface area contributed by atoms with Crippen molar-refractivity contribution in [3.05, 3.63) is 60.2 Å². The number of H-pyrrole nitrogens is 1. The van der Waals surface area contributed by atoms with Gasteiger partial charge in [0.05, 0.1) is 18.5 Å². The van der Waals surface area contributed by atoms with Crippen LogP contribution in [-0.2, 0) is 6.42 Å². The van der Waals surface area contributed by atoms with Gasteiger partial charge in [0, 0.05) is 41.2 Å². The highest BCUT2D eigenvalue weighted by Crippen LogP contribution is 2.38. The lowest BCUT2D eigenvalue weighted by atomic mass is 10.0. The second kappa shape index (κ2) is 7.14. The quantitative estimate of drug-likeness (QED) is 0.479. The minimum Gasteiger partial charge on any atom is -0.493 e. The summed E-state index contributed by atoms with van der Waals surface area (Å²) in [6.45, 7) is 0.834. The van der Waals surface area contributed by atoms with Crippen molar-refractivity contribution in [3.63, 3.8) is 0 Å². The molecule has 1 aromatic carbocycles. The molecule has 4 N–H and O–H groups in total. The summed E-state index contributed by atoms with van der Waals surface area (Å²) < 4.78 is 18.8. The van der Waals surface area contributed by atoms with Crippen LogP contribution in [0, 0.1) is 5.82 Å². The fourth-order valence-corrected chi connectivity index (χ4v) is 3.70. The number of rotatable bonds is 4. The van der Waals surface area contributed by atoms with Gasteiger partial charge >= 0.3 is 0 Å². The zero-order valence-corrected chi connectivity index (χ0v) is 16.2. The van der Waals surface area contributed by atoms with E-state index in [1.54, 1.807) is 31.6 Å². The van der Waals surface area contributed by atoms with Crippen LogP contribution in [-0.4, -0.2) is 33.6 Å². The number of hydrogen-bond donors (Lipinski definition) is 3. The van der Waals surface area contributed by atoms with Gasteiger partial charge in [-0.15, -0.1) is 0 Å². The van der Waals surface area contributed by atoms with Gasteiger partial charge < -0.3 is 20.8 Å². The molecule has 0 spiro atoms. The van der Waals surface area contributed by atoms with Crippen molar-refractivity contribution in [1.82, 2.24) is 19.9 Å². The Morgan fingerprint density at radius 3 is 2.73 bits per heavy atom. The fraction of sp³-hybridized carbons (Fsp3) is 0.136. The number of ether oxygens (including phenoxy) is 1. The monoisotopic (exact) mass is 402 g/mol. The van der Waals surface area contributed by atoms with Crippen LogP contribution in [0.4, 0.5) is 16.0 Å². The average molecular weight is 402 g/mol. The smallest absolute Gasteiger partial charge is 0.166 e. The van der Waals surface area contributed by atoms with Gasteiger partial charge in [0.1, 0.15) is 17.5 Å². The second-order valence-electron chi connectivity index (χ2n) is 6.99. The number of methoxy groups -OCH3 is 1. The van der Waals surface area contributed by atoms with E-state index in [1.165, 1.54) is 12.1 Å². The van der Waals surface area contributed by atoms with Gasteiger partial charge in [0.15, 0.2) is 11.6 Å². The van der Waals surface area contributed by atoms with Crippen LogP contribution in [0.5, 0.6) is 5.75 Å². The molecule has 4 heterocycles. The summed E-state index contributed by atoms with van der Waals surface area (Å²) in [5.74, 6) is 2.01. The summed E-state index contributed by atoms with van der Waals surface area (Å²) in [5.41, 5.74) is 11.1. The predicted molar refractivity (Wildman–Crippen MR) is 114 cm³/mol. The summed E-state index contributed by atoms with van der Waals surface area (Å²) in [6.07, 6.45) is 4.31. The Bertz CT molecular complexity index is 1240. The summed E-state index contributed by atoms with van der Waals surface area (Å²) in [7, 11) is 1.55. The van der Waals surface area contributed by atoms with Gasteiger partial charge in [-0.25, -0.2) is 19.3 Å². The molecule has 0 bridgehead atoms. The highest BCUT2D eigenvalue weighted by atomic mass is 19.1. The van der Waals surface area contributed by atoms with E-state index in [1.807, 2.05) is 12.1 Å². The number of halogens is 1. The molecule has 5 rings (SSSR count). The van der Waals surface area contributed by atoms with Crippen molar-refractivity contribution in [1.29, 1.82) is 0 Å². The van der Waals surface area contributed by atoms with Crippen molar-refractivity contribution in [2.45, 2.75) is 6.42 Å². The number of fused-ring (bicyclic) bond motifs is 1. The van der Waals surface area contributed by atoms with Crippen molar-refractivity contribution in [2.75, 3.05) is 24.7 Å². The minimum atomic E-state index is -0.295. The molecular formula is C22H19FN6O. The maximum Gasteiger partial charge on any atom is 0.166 e. The first kappa shape index (κ1) is 18.1. The van der Waals surface area contributed by atoms with Gasteiger partial charge in [0.2, 0.25) is 0 Å². The number of nitrogens with zero attached hydrogens (tertiary/aromatic N) is 3. The first-order valence-corrected chi connectivity index (χ1v) is 9.52. The minimum absolute atomic E-state index is 0.295. The number of nitrogens with one attached hydrogen (secondary N) is 2. The van der Waals surface area contributed by atoms with Crippen molar-refractivity contribution < 1.29 is 9.13 Å². The summed E-state index contributed by atoms with van der Waals surface area (Å²) >= 11 is 0. The van der Waals surface area contributed by atoms with Crippen LogP contribution in [0.25, 0.3) is 33.9 Å². The van der Waals surface area contributed by atoms with E-state index < -0.39 is 0 Å². The maximum absolute atomic E-state index is 13.4. The maximum atomic E-state index is 13.4. The van der Waals surface area contributed by atoms with Crippen LogP contribution in [0.2, 0.25) is 0 Å². The molecular weight excluding hydrogens is 383 g/mol. The van der Waals surface area contributed by atoms with Gasteiger partial charge in [-0.3, -0.25) is 0 Å². The SMILES string of the molecule is COc1cc(-c2[nH]c(-c3ccc(F)cc3)nc2-c2ccnc3c2CCN3)cnc1N. The number of nitrogens with two attached hydrogens (primary N) is 1. The number of benzene rings is 1. The molecule has 7 nitrogen and oxygen atoms in total. The highest BCUT2D eigenvalue weighted by Gasteiger charge is 2.23. The Morgan fingerprint density at radius 1 is 1.10 bits per heavy atom. The van der Waals surface area contributed by atoms with Crippen molar-refractivity contribution in [2.24, 2.45) is 0 Å². The van der Waals surface area contributed by atoms with Crippen LogP contribution in [0.15, 0.2) is 48.8 Å². The van der Waals surface area contributed by atoms with E-state index in [0.717, 1.165) is 52.4 Å². The largest absolute Gasteiger partial charge is 0.493 e. The van der Waals surface area contributed by atoms with Gasteiger partial charge in [0.25, 0.3) is 0 Å². The van der Waals surface area contributed by atoms with Gasteiger partial charge in [-0.2, -0.15) is 0 Å². The van der Waals surface area contributed by atoms with Crippen LogP contribution >= 0.6 is 0 Å². The standard InChI is InChI=1S/C22H19FN6O/c1-30-17-10-13(11-27-20(17)24)18-19(15-6-8-25-22-16(15)7-9-26-22)29-21(28-18)12-2-4-14(23)5-3-12/h2-6,8,10-11H,7,9H2,1H3,(H2,24,27)(H,25,26)(H,28,29). The third kappa shape index (κ3) is 3.02. The summed E-state index contributed by atoms with van der Waals surface area (Å²) in [4.78, 5) is 16.9. The average Bonchev–Trinajstić information content (AvgIpc) is 3.42. The molecule has 0 fully saturated rings. The summed E-state index contributed by atoms with van der Waals surface area (Å²) in [6, 6.07) is 10.0. The summed E-state index contributed by atoms with van der Waals surface area (Å²) in [5, 5.41) is 3.30. The fourth-order valence-electron chi connectivity index (χ4n) is 3.70.